The average Bonchev–Trinajstić information content (AvgIpc) is 3.42. The van der Waals surface area contributed by atoms with Crippen LogP contribution in [0, 0.1) is 6.92 Å². The number of aliphatic hydroxyl groups excluding tert-OH is 1. The lowest BCUT2D eigenvalue weighted by Crippen LogP contribution is -2.51. The van der Waals surface area contributed by atoms with Gasteiger partial charge in [-0.3, -0.25) is 4.84 Å². The van der Waals surface area contributed by atoms with Crippen molar-refractivity contribution in [1.82, 2.24) is 9.79 Å². The summed E-state index contributed by atoms with van der Waals surface area (Å²) in [6.45, 7) is 2.39. The maximum Gasteiger partial charge on any atom is 0.407 e. The largest absolute Gasteiger partial charge is 0.444 e. The number of aryl methyl sites for hydroxylation is 1. The number of sulfonamides is 1. The highest BCUT2D eigenvalue weighted by Crippen LogP contribution is 2.25. The number of nitrogens with one attached hydrogen (secondary N) is 1. The molecule has 1 aliphatic heterocycles. The number of hydrogen-bond acceptors (Lipinski definition) is 7. The zero-order valence-corrected chi connectivity index (χ0v) is 22.6. The predicted octanol–water partition coefficient (Wildman–Crippen LogP) is 3.74. The van der Waals surface area contributed by atoms with E-state index < -0.39 is 28.3 Å². The predicted molar refractivity (Wildman–Crippen MR) is 142 cm³/mol. The lowest BCUT2D eigenvalue weighted by Gasteiger charge is -2.32. The molecule has 2 aromatic carbocycles. The first kappa shape index (κ1) is 28.5. The number of hydrogen-bond donors (Lipinski definition) is 2. The van der Waals surface area contributed by atoms with Crippen LogP contribution in [0.4, 0.5) is 4.79 Å². The van der Waals surface area contributed by atoms with Gasteiger partial charge >= 0.3 is 6.09 Å². The molecular weight excluding hydrogens is 508 g/mol. The highest BCUT2D eigenvalue weighted by Gasteiger charge is 2.34. The van der Waals surface area contributed by atoms with E-state index in [9.17, 15) is 18.3 Å². The Balaban J connectivity index is 1.54. The van der Waals surface area contributed by atoms with Crippen LogP contribution in [0.25, 0.3) is 0 Å². The summed E-state index contributed by atoms with van der Waals surface area (Å²) in [4.78, 5) is 18.8. The molecule has 1 saturated carbocycles. The highest BCUT2D eigenvalue weighted by atomic mass is 32.2. The van der Waals surface area contributed by atoms with E-state index in [1.165, 1.54) is 12.1 Å². The Morgan fingerprint density at radius 3 is 2.42 bits per heavy atom. The van der Waals surface area contributed by atoms with Crippen LogP contribution in [-0.4, -0.2) is 68.2 Å². The monoisotopic (exact) mass is 546 g/mol. The van der Waals surface area contributed by atoms with Gasteiger partial charge in [0.25, 0.3) is 10.0 Å². The van der Waals surface area contributed by atoms with Gasteiger partial charge in [-0.25, -0.2) is 13.2 Å². The molecule has 1 heterocycles. The van der Waals surface area contributed by atoms with Crippen molar-refractivity contribution >= 4 is 16.1 Å². The summed E-state index contributed by atoms with van der Waals surface area (Å²) in [5.74, 6) is 0. The van der Waals surface area contributed by atoms with Crippen molar-refractivity contribution in [2.75, 3.05) is 19.8 Å². The smallest absolute Gasteiger partial charge is 0.407 e. The number of nitrogens with zero attached hydrogens (tertiary/aromatic N) is 1. The molecule has 3 atom stereocenters. The molecule has 1 unspecified atom stereocenters. The summed E-state index contributed by atoms with van der Waals surface area (Å²) in [5.41, 5.74) is 1.81. The minimum Gasteiger partial charge on any atom is -0.444 e. The van der Waals surface area contributed by atoms with Crippen molar-refractivity contribution < 1.29 is 32.6 Å². The van der Waals surface area contributed by atoms with Crippen LogP contribution in [0.15, 0.2) is 59.5 Å². The Kier molecular flexibility index (Phi) is 10.1. The molecule has 1 saturated heterocycles. The quantitative estimate of drug-likeness (QED) is 0.413. The number of hydroxylamine groups is 1. The third-order valence-electron chi connectivity index (χ3n) is 6.97. The van der Waals surface area contributed by atoms with Gasteiger partial charge in [0.2, 0.25) is 0 Å². The van der Waals surface area contributed by atoms with Crippen molar-refractivity contribution in [1.29, 1.82) is 0 Å². The molecule has 0 spiro atoms. The third kappa shape index (κ3) is 8.00. The zero-order valence-electron chi connectivity index (χ0n) is 21.8. The third-order valence-corrected chi connectivity index (χ3v) is 8.61. The van der Waals surface area contributed by atoms with E-state index in [2.05, 4.69) is 5.32 Å². The number of aliphatic hydroxyl groups is 1. The van der Waals surface area contributed by atoms with Crippen molar-refractivity contribution in [3.63, 3.8) is 0 Å². The SMILES string of the molecule is Cc1ccc(S(=O)(=O)N(C[C@@H](O)[C@H](Cc2ccccc2)NC(=O)OC2CCOC2)OC2CCCCC2)cc1. The normalized spacial score (nSPS) is 20.2. The second kappa shape index (κ2) is 13.5. The van der Waals surface area contributed by atoms with Crippen LogP contribution in [-0.2, 0) is 30.8 Å². The van der Waals surface area contributed by atoms with Gasteiger partial charge in [-0.2, -0.15) is 0 Å². The van der Waals surface area contributed by atoms with E-state index >= 15 is 0 Å². The molecule has 2 aromatic rings. The summed E-state index contributed by atoms with van der Waals surface area (Å²) in [7, 11) is -4.08. The molecular formula is C28H38N2O7S. The minimum atomic E-state index is -4.08. The van der Waals surface area contributed by atoms with E-state index in [-0.39, 0.29) is 30.1 Å². The molecule has 0 radical (unpaired) electrons. The molecule has 10 heteroatoms. The second-order valence-corrected chi connectivity index (χ2v) is 11.9. The number of alkyl carbamates (subject to hydrolysis) is 1. The zero-order chi connectivity index (χ0) is 27.0. The Bertz CT molecular complexity index is 1120. The number of carbonyl (C=O) groups is 1. The van der Waals surface area contributed by atoms with Gasteiger partial charge in [-0.1, -0.05) is 71.8 Å². The van der Waals surface area contributed by atoms with Crippen molar-refractivity contribution in [3.05, 3.63) is 65.7 Å². The van der Waals surface area contributed by atoms with E-state index in [0.717, 1.165) is 47.7 Å². The Hall–Kier alpha value is -2.50. The molecule has 9 nitrogen and oxygen atoms in total. The first-order valence-electron chi connectivity index (χ1n) is 13.3. The van der Waals surface area contributed by atoms with Crippen molar-refractivity contribution in [3.8, 4) is 0 Å². The number of ether oxygens (including phenoxy) is 2. The van der Waals surface area contributed by atoms with Crippen molar-refractivity contribution in [2.24, 2.45) is 0 Å². The fraction of sp³-hybridized carbons (Fsp3) is 0.536. The van der Waals surface area contributed by atoms with E-state index in [1.54, 1.807) is 12.1 Å². The number of rotatable bonds is 11. The number of carbonyl (C=O) groups excluding carboxylic acids is 1. The van der Waals surface area contributed by atoms with Gasteiger partial charge in [0.15, 0.2) is 0 Å². The average molecular weight is 547 g/mol. The topological polar surface area (TPSA) is 114 Å². The summed E-state index contributed by atoms with van der Waals surface area (Å²) >= 11 is 0. The minimum absolute atomic E-state index is 0.0827. The molecule has 2 aliphatic rings. The molecule has 4 rings (SSSR count). The van der Waals surface area contributed by atoms with Crippen LogP contribution in [0.1, 0.15) is 49.7 Å². The van der Waals surface area contributed by atoms with Gasteiger partial charge in [0.05, 0.1) is 42.9 Å². The van der Waals surface area contributed by atoms with E-state index in [0.29, 0.717) is 19.6 Å². The molecule has 208 valence electrons. The second-order valence-electron chi connectivity index (χ2n) is 10.1. The van der Waals surface area contributed by atoms with Crippen molar-refractivity contribution in [2.45, 2.75) is 81.1 Å². The molecule has 38 heavy (non-hydrogen) atoms. The van der Waals surface area contributed by atoms with Gasteiger partial charge in [0, 0.05) is 6.42 Å². The van der Waals surface area contributed by atoms with Crippen LogP contribution in [0.3, 0.4) is 0 Å². The molecule has 1 amide bonds. The van der Waals surface area contributed by atoms with Crippen LogP contribution in [0.2, 0.25) is 0 Å². The van der Waals surface area contributed by atoms with Gasteiger partial charge in [0.1, 0.15) is 6.10 Å². The van der Waals surface area contributed by atoms with Crippen LogP contribution in [0.5, 0.6) is 0 Å². The van der Waals surface area contributed by atoms with Gasteiger partial charge in [-0.05, 0) is 43.9 Å². The molecule has 0 aromatic heterocycles. The van der Waals surface area contributed by atoms with Crippen LogP contribution < -0.4 is 5.32 Å². The molecule has 2 N–H and O–H groups in total. The highest BCUT2D eigenvalue weighted by molar-refractivity contribution is 7.89. The van der Waals surface area contributed by atoms with Gasteiger partial charge in [-0.15, -0.1) is 0 Å². The first-order chi connectivity index (χ1) is 18.3. The fourth-order valence-corrected chi connectivity index (χ4v) is 6.04. The summed E-state index contributed by atoms with van der Waals surface area (Å²) in [6.07, 6.45) is 2.83. The summed E-state index contributed by atoms with van der Waals surface area (Å²) < 4.78 is 38.9. The summed E-state index contributed by atoms with van der Waals surface area (Å²) in [5, 5.41) is 14.1. The number of benzene rings is 2. The number of amides is 1. The Morgan fingerprint density at radius 1 is 1.05 bits per heavy atom. The Labute approximate surface area is 225 Å². The maximum absolute atomic E-state index is 13.6. The fourth-order valence-electron chi connectivity index (χ4n) is 4.74. The lowest BCUT2D eigenvalue weighted by atomic mass is 9.98. The lowest BCUT2D eigenvalue weighted by molar-refractivity contribution is -0.156. The molecule has 1 aliphatic carbocycles. The standard InChI is InChI=1S/C28H38N2O7S/c1-21-12-14-25(15-13-21)38(33,34)30(37-23-10-6-3-7-11-23)19-27(31)26(18-22-8-4-2-5-9-22)29-28(32)36-24-16-17-35-20-24/h2,4-5,8-9,12-15,23-24,26-27,31H,3,6-7,10-11,16-20H2,1H3,(H,29,32)/t24?,26-,27+/m0/s1. The maximum atomic E-state index is 13.6. The van der Waals surface area contributed by atoms with Crippen LogP contribution >= 0.6 is 0 Å². The van der Waals surface area contributed by atoms with E-state index in [1.807, 2.05) is 37.3 Å². The Morgan fingerprint density at radius 2 is 1.76 bits per heavy atom. The first-order valence-corrected chi connectivity index (χ1v) is 14.8. The molecule has 2 fully saturated rings. The summed E-state index contributed by atoms with van der Waals surface area (Å²) in [6, 6.07) is 15.1. The van der Waals surface area contributed by atoms with Gasteiger partial charge < -0.3 is 19.9 Å². The van der Waals surface area contributed by atoms with E-state index in [4.69, 9.17) is 14.3 Å². The molecule has 0 bridgehead atoms.